The van der Waals surface area contributed by atoms with Crippen molar-refractivity contribution in [3.05, 3.63) is 68.7 Å². The van der Waals surface area contributed by atoms with E-state index in [1.165, 1.54) is 23.9 Å². The van der Waals surface area contributed by atoms with Crippen LogP contribution in [0.2, 0.25) is 5.02 Å². The number of aromatic nitrogens is 2. The Bertz CT molecular complexity index is 1160. The maximum atomic E-state index is 13.4. The summed E-state index contributed by atoms with van der Waals surface area (Å²) in [6, 6.07) is 11.1. The SMILES string of the molecule is CC(C)OCCCn1c(SCc2ccc(F)cc2C#N)nc2cc(Cl)ccc2c1=O. The van der Waals surface area contributed by atoms with E-state index in [0.29, 0.717) is 52.0 Å². The second-order valence-corrected chi connectivity index (χ2v) is 8.37. The molecule has 0 aliphatic carbocycles. The topological polar surface area (TPSA) is 67.9 Å². The first kappa shape index (κ1) is 22.3. The average Bonchev–Trinajstić information content (AvgIpc) is 2.71. The third kappa shape index (κ3) is 5.39. The summed E-state index contributed by atoms with van der Waals surface area (Å²) in [5, 5.41) is 10.8. The zero-order valence-electron chi connectivity index (χ0n) is 16.7. The van der Waals surface area contributed by atoms with Gasteiger partial charge in [0.05, 0.1) is 28.6 Å². The van der Waals surface area contributed by atoms with Crippen molar-refractivity contribution in [1.29, 1.82) is 5.26 Å². The summed E-state index contributed by atoms with van der Waals surface area (Å²) in [5.74, 6) is -0.0784. The zero-order chi connectivity index (χ0) is 21.7. The summed E-state index contributed by atoms with van der Waals surface area (Å²) in [6.45, 7) is 4.91. The molecule has 0 bridgehead atoms. The standard InChI is InChI=1S/C22H21ClFN3O2S/c1-14(2)29-9-3-8-27-21(28)19-7-5-17(23)11-20(19)26-22(27)30-13-15-4-6-18(24)10-16(15)12-25/h4-7,10-11,14H,3,8-9,13H2,1-2H3. The van der Waals surface area contributed by atoms with Gasteiger partial charge in [0.25, 0.3) is 5.56 Å². The summed E-state index contributed by atoms with van der Waals surface area (Å²) in [7, 11) is 0. The van der Waals surface area contributed by atoms with Gasteiger partial charge in [-0.25, -0.2) is 9.37 Å². The van der Waals surface area contributed by atoms with Crippen molar-refractivity contribution < 1.29 is 9.13 Å². The van der Waals surface area contributed by atoms with E-state index >= 15 is 0 Å². The van der Waals surface area contributed by atoms with E-state index in [9.17, 15) is 14.4 Å². The van der Waals surface area contributed by atoms with Crippen LogP contribution in [-0.2, 0) is 17.0 Å². The van der Waals surface area contributed by atoms with Crippen LogP contribution in [0.4, 0.5) is 4.39 Å². The summed E-state index contributed by atoms with van der Waals surface area (Å²) < 4.78 is 20.6. The number of halogens is 2. The van der Waals surface area contributed by atoms with Gasteiger partial charge >= 0.3 is 0 Å². The number of thioether (sulfide) groups is 1. The van der Waals surface area contributed by atoms with E-state index in [-0.39, 0.29) is 17.2 Å². The molecule has 0 N–H and O–H groups in total. The van der Waals surface area contributed by atoms with E-state index in [1.807, 2.05) is 19.9 Å². The van der Waals surface area contributed by atoms with Crippen LogP contribution in [-0.4, -0.2) is 22.3 Å². The molecule has 0 saturated carbocycles. The number of fused-ring (bicyclic) bond motifs is 1. The molecule has 0 aliphatic heterocycles. The number of nitriles is 1. The Morgan fingerprint density at radius 1 is 1.30 bits per heavy atom. The lowest BCUT2D eigenvalue weighted by molar-refractivity contribution is 0.0743. The minimum atomic E-state index is -0.458. The van der Waals surface area contributed by atoms with Gasteiger partial charge in [0.1, 0.15) is 5.82 Å². The fourth-order valence-electron chi connectivity index (χ4n) is 2.94. The van der Waals surface area contributed by atoms with Crippen molar-refractivity contribution in [2.75, 3.05) is 6.61 Å². The van der Waals surface area contributed by atoms with Crippen LogP contribution in [0.15, 0.2) is 46.3 Å². The number of hydrogen-bond donors (Lipinski definition) is 0. The lowest BCUT2D eigenvalue weighted by Crippen LogP contribution is -2.24. The first-order chi connectivity index (χ1) is 14.4. The van der Waals surface area contributed by atoms with Crippen LogP contribution in [0, 0.1) is 17.1 Å². The van der Waals surface area contributed by atoms with Crippen molar-refractivity contribution in [3.8, 4) is 6.07 Å². The molecule has 0 saturated heterocycles. The van der Waals surface area contributed by atoms with E-state index in [4.69, 9.17) is 16.3 Å². The van der Waals surface area contributed by atoms with Crippen LogP contribution in [0.1, 0.15) is 31.4 Å². The van der Waals surface area contributed by atoms with Gasteiger partial charge in [0.15, 0.2) is 5.16 Å². The minimum absolute atomic E-state index is 0.121. The van der Waals surface area contributed by atoms with Crippen LogP contribution in [0.3, 0.4) is 0 Å². The highest BCUT2D eigenvalue weighted by Crippen LogP contribution is 2.25. The second-order valence-electron chi connectivity index (χ2n) is 6.99. The number of nitrogens with zero attached hydrogens (tertiary/aromatic N) is 3. The maximum absolute atomic E-state index is 13.4. The van der Waals surface area contributed by atoms with Crippen molar-refractivity contribution in [3.63, 3.8) is 0 Å². The molecule has 0 amide bonds. The molecule has 3 rings (SSSR count). The van der Waals surface area contributed by atoms with Gasteiger partial charge in [-0.05, 0) is 56.2 Å². The van der Waals surface area contributed by atoms with Gasteiger partial charge < -0.3 is 4.74 Å². The fourth-order valence-corrected chi connectivity index (χ4v) is 4.14. The zero-order valence-corrected chi connectivity index (χ0v) is 18.3. The number of hydrogen-bond acceptors (Lipinski definition) is 5. The highest BCUT2D eigenvalue weighted by Gasteiger charge is 2.14. The summed E-state index contributed by atoms with van der Waals surface area (Å²) in [5.41, 5.74) is 1.32. The molecule has 0 spiro atoms. The van der Waals surface area contributed by atoms with Crippen LogP contribution in [0.5, 0.6) is 0 Å². The van der Waals surface area contributed by atoms with Crippen LogP contribution in [0.25, 0.3) is 10.9 Å². The lowest BCUT2D eigenvalue weighted by Gasteiger charge is -2.14. The Labute approximate surface area is 183 Å². The Morgan fingerprint density at radius 2 is 2.10 bits per heavy atom. The molecule has 1 aromatic heterocycles. The predicted molar refractivity (Wildman–Crippen MR) is 117 cm³/mol. The Morgan fingerprint density at radius 3 is 2.83 bits per heavy atom. The first-order valence-electron chi connectivity index (χ1n) is 9.52. The fraction of sp³-hybridized carbons (Fsp3) is 0.318. The molecule has 8 heteroatoms. The lowest BCUT2D eigenvalue weighted by atomic mass is 10.1. The third-order valence-corrected chi connectivity index (χ3v) is 5.67. The van der Waals surface area contributed by atoms with Gasteiger partial charge in [0, 0.05) is 23.9 Å². The molecule has 0 aliphatic rings. The van der Waals surface area contributed by atoms with Gasteiger partial charge in [-0.15, -0.1) is 0 Å². The van der Waals surface area contributed by atoms with E-state index < -0.39 is 5.82 Å². The van der Waals surface area contributed by atoms with Crippen molar-refractivity contribution in [1.82, 2.24) is 9.55 Å². The van der Waals surface area contributed by atoms with Gasteiger partial charge in [-0.2, -0.15) is 5.26 Å². The summed E-state index contributed by atoms with van der Waals surface area (Å²) in [4.78, 5) is 17.7. The summed E-state index contributed by atoms with van der Waals surface area (Å²) >= 11 is 7.41. The van der Waals surface area contributed by atoms with Crippen molar-refractivity contribution in [2.45, 2.75) is 43.8 Å². The van der Waals surface area contributed by atoms with Gasteiger partial charge in [-0.1, -0.05) is 29.4 Å². The van der Waals surface area contributed by atoms with Gasteiger partial charge in [-0.3, -0.25) is 9.36 Å². The molecule has 0 atom stereocenters. The molecule has 30 heavy (non-hydrogen) atoms. The first-order valence-corrected chi connectivity index (χ1v) is 10.9. The number of rotatable bonds is 8. The molecule has 0 fully saturated rings. The Balaban J connectivity index is 1.93. The Hall–Kier alpha value is -2.40. The van der Waals surface area contributed by atoms with E-state index in [0.717, 1.165) is 0 Å². The molecule has 2 aromatic carbocycles. The number of benzene rings is 2. The molecule has 156 valence electrons. The third-order valence-electron chi connectivity index (χ3n) is 4.41. The molecule has 5 nitrogen and oxygen atoms in total. The smallest absolute Gasteiger partial charge is 0.262 e. The normalized spacial score (nSPS) is 11.2. The monoisotopic (exact) mass is 445 g/mol. The average molecular weight is 446 g/mol. The largest absolute Gasteiger partial charge is 0.379 e. The summed E-state index contributed by atoms with van der Waals surface area (Å²) in [6.07, 6.45) is 0.780. The molecule has 0 unspecified atom stereocenters. The van der Waals surface area contributed by atoms with Crippen LogP contribution < -0.4 is 5.56 Å². The molecule has 0 radical (unpaired) electrons. The second kappa shape index (κ2) is 10.1. The number of ether oxygens (including phenoxy) is 1. The van der Waals surface area contributed by atoms with E-state index in [1.54, 1.807) is 28.8 Å². The minimum Gasteiger partial charge on any atom is -0.379 e. The van der Waals surface area contributed by atoms with Crippen molar-refractivity contribution in [2.24, 2.45) is 0 Å². The highest BCUT2D eigenvalue weighted by atomic mass is 35.5. The molecular formula is C22H21ClFN3O2S. The molecule has 3 aromatic rings. The molecular weight excluding hydrogens is 425 g/mol. The maximum Gasteiger partial charge on any atom is 0.262 e. The van der Waals surface area contributed by atoms with Crippen LogP contribution >= 0.6 is 23.4 Å². The highest BCUT2D eigenvalue weighted by molar-refractivity contribution is 7.98. The molecule has 1 heterocycles. The van der Waals surface area contributed by atoms with E-state index in [2.05, 4.69) is 4.98 Å². The van der Waals surface area contributed by atoms with Crippen molar-refractivity contribution >= 4 is 34.3 Å². The quantitative estimate of drug-likeness (QED) is 0.272. The van der Waals surface area contributed by atoms with Gasteiger partial charge in [0.2, 0.25) is 0 Å². The Kier molecular flexibility index (Phi) is 7.48. The predicted octanol–water partition coefficient (Wildman–Crippen LogP) is 5.17.